The van der Waals surface area contributed by atoms with Gasteiger partial charge in [-0.05, 0) is 33.3 Å². The number of carbonyl (C=O) groups excluding carboxylic acids is 1. The lowest BCUT2D eigenvalue weighted by Gasteiger charge is -2.35. The topological polar surface area (TPSA) is 78.8 Å². The van der Waals surface area contributed by atoms with E-state index in [0.717, 1.165) is 47.8 Å². The van der Waals surface area contributed by atoms with Crippen LogP contribution in [-0.4, -0.2) is 71.4 Å². The van der Waals surface area contributed by atoms with Crippen molar-refractivity contribution in [2.75, 3.05) is 44.2 Å². The van der Waals surface area contributed by atoms with Crippen molar-refractivity contribution in [3.05, 3.63) is 16.3 Å². The summed E-state index contributed by atoms with van der Waals surface area (Å²) in [6.07, 6.45) is -0.154. The van der Waals surface area contributed by atoms with Crippen molar-refractivity contribution >= 4 is 33.3 Å². The fraction of sp³-hybridized carbons (Fsp3) is 0.611. The van der Waals surface area contributed by atoms with E-state index in [1.807, 2.05) is 27.7 Å². The highest BCUT2D eigenvalue weighted by atomic mass is 32.1. The Bertz CT molecular complexity index is 797. The number of aromatic nitrogens is 2. The van der Waals surface area contributed by atoms with E-state index in [0.29, 0.717) is 17.2 Å². The molecule has 0 aromatic carbocycles. The molecule has 26 heavy (non-hydrogen) atoms. The molecule has 3 heterocycles. The highest BCUT2D eigenvalue weighted by molar-refractivity contribution is 7.20. The molecule has 1 N–H and O–H groups in total. The molecule has 7 nitrogen and oxygen atoms in total. The number of β-amino-alcohol motifs (C(OH)–C–C–N with tert-alkyl or cyclic N) is 1. The zero-order valence-corrected chi connectivity index (χ0v) is 16.6. The number of aryl methyl sites for hydroxylation is 2. The number of aliphatic hydroxyl groups is 1. The second-order valence-electron chi connectivity index (χ2n) is 6.84. The first-order valence-electron chi connectivity index (χ1n) is 8.97. The maximum absolute atomic E-state index is 12.4. The second kappa shape index (κ2) is 7.85. The molecule has 0 atom stereocenters. The number of fused-ring (bicyclic) bond motifs is 1. The predicted molar refractivity (Wildman–Crippen MR) is 103 cm³/mol. The van der Waals surface area contributed by atoms with Crippen molar-refractivity contribution in [3.8, 4) is 0 Å². The molecule has 142 valence electrons. The number of thiophene rings is 1. The van der Waals surface area contributed by atoms with Crippen molar-refractivity contribution in [1.29, 1.82) is 0 Å². The lowest BCUT2D eigenvalue weighted by molar-refractivity contribution is 0.0383. The van der Waals surface area contributed by atoms with Crippen LogP contribution in [-0.2, 0) is 4.74 Å². The first-order chi connectivity index (χ1) is 12.4. The van der Waals surface area contributed by atoms with Gasteiger partial charge in [0.25, 0.3) is 0 Å². The average molecular weight is 378 g/mol. The summed E-state index contributed by atoms with van der Waals surface area (Å²) in [5.74, 6) is 1.31. The molecule has 1 fully saturated rings. The van der Waals surface area contributed by atoms with Crippen LogP contribution in [0.4, 0.5) is 5.82 Å². The fourth-order valence-corrected chi connectivity index (χ4v) is 4.34. The normalized spacial score (nSPS) is 15.8. The highest BCUT2D eigenvalue weighted by Crippen LogP contribution is 2.36. The van der Waals surface area contributed by atoms with Crippen molar-refractivity contribution in [2.24, 2.45) is 0 Å². The Kier molecular flexibility index (Phi) is 5.74. The third-order valence-corrected chi connectivity index (χ3v) is 5.66. The molecule has 3 rings (SSSR count). The zero-order chi connectivity index (χ0) is 18.8. The summed E-state index contributed by atoms with van der Waals surface area (Å²) < 4.78 is 5.38. The van der Waals surface area contributed by atoms with Gasteiger partial charge in [-0.25, -0.2) is 14.8 Å². The van der Waals surface area contributed by atoms with Crippen LogP contribution in [0.2, 0.25) is 0 Å². The minimum atomic E-state index is -0.295. The number of carbonyl (C=O) groups is 1. The minimum absolute atomic E-state index is 0.154. The Hall–Kier alpha value is -1.77. The van der Waals surface area contributed by atoms with E-state index in [1.165, 1.54) is 11.3 Å². The zero-order valence-electron chi connectivity index (χ0n) is 15.8. The van der Waals surface area contributed by atoms with E-state index in [1.54, 1.807) is 0 Å². The summed E-state index contributed by atoms with van der Waals surface area (Å²) in [6.45, 7) is 11.9. The molecule has 0 saturated carbocycles. The molecular formula is C18H26N4O3S. The van der Waals surface area contributed by atoms with Gasteiger partial charge in [-0.1, -0.05) is 0 Å². The van der Waals surface area contributed by atoms with E-state index in [2.05, 4.69) is 14.8 Å². The minimum Gasteiger partial charge on any atom is -0.459 e. The molecule has 2 aromatic rings. The maximum Gasteiger partial charge on any atom is 0.348 e. The molecule has 1 aliphatic heterocycles. The first-order valence-corrected chi connectivity index (χ1v) is 9.79. The number of hydrogen-bond donors (Lipinski definition) is 1. The van der Waals surface area contributed by atoms with Crippen molar-refractivity contribution in [1.82, 2.24) is 14.9 Å². The van der Waals surface area contributed by atoms with Crippen LogP contribution in [0.1, 0.15) is 34.9 Å². The smallest absolute Gasteiger partial charge is 0.348 e. The molecule has 0 radical (unpaired) electrons. The Morgan fingerprint density at radius 3 is 2.54 bits per heavy atom. The number of rotatable bonds is 5. The van der Waals surface area contributed by atoms with E-state index < -0.39 is 0 Å². The number of nitrogens with zero attached hydrogens (tertiary/aromatic N) is 4. The molecule has 1 saturated heterocycles. The number of piperazine rings is 1. The van der Waals surface area contributed by atoms with Crippen LogP contribution in [0.5, 0.6) is 0 Å². The second-order valence-corrected chi connectivity index (χ2v) is 7.84. The molecule has 0 aliphatic carbocycles. The summed E-state index contributed by atoms with van der Waals surface area (Å²) in [5, 5.41) is 10.1. The number of esters is 1. The standard InChI is InChI=1S/C18H26N4O3S/c1-11(2)25-18(24)15-12(3)14-16(19-13(4)20-17(14)26-15)22-7-5-21(6-8-22)9-10-23/h11,23H,5-10H2,1-4H3. The van der Waals surface area contributed by atoms with Gasteiger partial charge in [-0.3, -0.25) is 4.90 Å². The number of aliphatic hydroxyl groups excluding tert-OH is 1. The number of ether oxygens (including phenoxy) is 1. The van der Waals surface area contributed by atoms with Crippen LogP contribution >= 0.6 is 11.3 Å². The van der Waals surface area contributed by atoms with E-state index in [4.69, 9.17) is 14.8 Å². The van der Waals surface area contributed by atoms with Crippen LogP contribution in [0, 0.1) is 13.8 Å². The van der Waals surface area contributed by atoms with Gasteiger partial charge in [0.2, 0.25) is 0 Å². The van der Waals surface area contributed by atoms with Crippen LogP contribution < -0.4 is 4.90 Å². The SMILES string of the molecule is Cc1nc(N2CCN(CCO)CC2)c2c(C)c(C(=O)OC(C)C)sc2n1. The fourth-order valence-electron chi connectivity index (χ4n) is 3.24. The summed E-state index contributed by atoms with van der Waals surface area (Å²) in [4.78, 5) is 27.6. The van der Waals surface area contributed by atoms with Crippen molar-refractivity contribution < 1.29 is 14.6 Å². The summed E-state index contributed by atoms with van der Waals surface area (Å²) in [5.41, 5.74) is 0.892. The molecule has 0 spiro atoms. The van der Waals surface area contributed by atoms with Crippen LogP contribution in [0.15, 0.2) is 0 Å². The Morgan fingerprint density at radius 2 is 1.92 bits per heavy atom. The molecule has 0 amide bonds. The van der Waals surface area contributed by atoms with Gasteiger partial charge in [0.05, 0.1) is 18.1 Å². The first kappa shape index (κ1) is 19.0. The van der Waals surface area contributed by atoms with E-state index in [9.17, 15) is 4.79 Å². The van der Waals surface area contributed by atoms with E-state index in [-0.39, 0.29) is 18.7 Å². The summed E-state index contributed by atoms with van der Waals surface area (Å²) in [7, 11) is 0. The van der Waals surface area contributed by atoms with Gasteiger partial charge >= 0.3 is 5.97 Å². The van der Waals surface area contributed by atoms with Gasteiger partial charge in [-0.15, -0.1) is 11.3 Å². The largest absolute Gasteiger partial charge is 0.459 e. The molecule has 8 heteroatoms. The Balaban J connectivity index is 1.96. The summed E-state index contributed by atoms with van der Waals surface area (Å²) >= 11 is 1.38. The van der Waals surface area contributed by atoms with Crippen molar-refractivity contribution in [2.45, 2.75) is 33.8 Å². The van der Waals surface area contributed by atoms with Gasteiger partial charge in [0.15, 0.2) is 0 Å². The quantitative estimate of drug-likeness (QED) is 0.797. The average Bonchev–Trinajstić information content (AvgIpc) is 2.91. The monoisotopic (exact) mass is 378 g/mol. The van der Waals surface area contributed by atoms with Gasteiger partial charge in [0.1, 0.15) is 21.3 Å². The number of anilines is 1. The predicted octanol–water partition coefficient (Wildman–Crippen LogP) is 1.99. The third-order valence-electron chi connectivity index (χ3n) is 4.50. The maximum atomic E-state index is 12.4. The van der Waals surface area contributed by atoms with Crippen LogP contribution in [0.25, 0.3) is 10.2 Å². The highest BCUT2D eigenvalue weighted by Gasteiger charge is 2.25. The van der Waals surface area contributed by atoms with E-state index >= 15 is 0 Å². The molecular weight excluding hydrogens is 352 g/mol. The lowest BCUT2D eigenvalue weighted by Crippen LogP contribution is -2.47. The van der Waals surface area contributed by atoms with Crippen molar-refractivity contribution in [3.63, 3.8) is 0 Å². The van der Waals surface area contributed by atoms with Crippen LogP contribution in [0.3, 0.4) is 0 Å². The van der Waals surface area contributed by atoms with Gasteiger partial charge < -0.3 is 14.7 Å². The lowest BCUT2D eigenvalue weighted by atomic mass is 10.1. The number of hydrogen-bond acceptors (Lipinski definition) is 8. The molecule has 2 aromatic heterocycles. The summed E-state index contributed by atoms with van der Waals surface area (Å²) in [6, 6.07) is 0. The van der Waals surface area contributed by atoms with Gasteiger partial charge in [-0.2, -0.15) is 0 Å². The Morgan fingerprint density at radius 1 is 1.23 bits per heavy atom. The molecule has 1 aliphatic rings. The third kappa shape index (κ3) is 3.82. The van der Waals surface area contributed by atoms with Gasteiger partial charge in [0, 0.05) is 32.7 Å². The Labute approximate surface area is 157 Å². The molecule has 0 unspecified atom stereocenters. The molecule has 0 bridgehead atoms.